The first-order valence-electron chi connectivity index (χ1n) is 11.1. The van der Waals surface area contributed by atoms with Crippen LogP contribution in [0.2, 0.25) is 0 Å². The van der Waals surface area contributed by atoms with Gasteiger partial charge in [0.1, 0.15) is 5.75 Å². The molecule has 1 amide bonds. The summed E-state index contributed by atoms with van der Waals surface area (Å²) in [5, 5.41) is 1.26. The molecule has 0 atom stereocenters. The van der Waals surface area contributed by atoms with Gasteiger partial charge in [0, 0.05) is 31.0 Å². The summed E-state index contributed by atoms with van der Waals surface area (Å²) >= 11 is 0. The Morgan fingerprint density at radius 1 is 1.06 bits per heavy atom. The number of sulfonamides is 1. The lowest BCUT2D eigenvalue weighted by molar-refractivity contribution is -0.123. The van der Waals surface area contributed by atoms with Crippen molar-refractivity contribution >= 4 is 27.7 Å². The number of ether oxygens (including phenoxy) is 1. The number of amides is 1. The van der Waals surface area contributed by atoms with Crippen LogP contribution in [-0.4, -0.2) is 45.4 Å². The Bertz CT molecular complexity index is 1100. The van der Waals surface area contributed by atoms with Crippen LogP contribution < -0.4 is 9.64 Å². The van der Waals surface area contributed by atoms with Gasteiger partial charge < -0.3 is 9.64 Å². The number of piperidine rings is 1. The smallest absolute Gasteiger partial charge is 0.236 e. The molecule has 0 saturated carbocycles. The first-order valence-corrected chi connectivity index (χ1v) is 12.6. The molecule has 1 fully saturated rings. The van der Waals surface area contributed by atoms with Gasteiger partial charge >= 0.3 is 0 Å². The molecule has 4 rings (SSSR count). The number of carbonyl (C=O) groups is 1. The molecule has 1 saturated heterocycles. The van der Waals surface area contributed by atoms with Crippen LogP contribution in [-0.2, 0) is 21.2 Å². The molecule has 0 bridgehead atoms. The summed E-state index contributed by atoms with van der Waals surface area (Å²) in [5.41, 5.74) is 4.08. The van der Waals surface area contributed by atoms with Crippen LogP contribution in [0.15, 0.2) is 47.9 Å². The number of fused-ring (bicyclic) bond motifs is 1. The maximum Gasteiger partial charge on any atom is 0.236 e. The number of hydrogen-bond donors (Lipinski definition) is 0. The molecule has 0 spiro atoms. The van der Waals surface area contributed by atoms with Crippen LogP contribution in [0.3, 0.4) is 0 Å². The van der Waals surface area contributed by atoms with E-state index < -0.39 is 10.0 Å². The number of rotatable bonds is 5. The molecule has 2 aromatic carbocycles. The molecule has 0 aliphatic carbocycles. The fourth-order valence-electron chi connectivity index (χ4n) is 4.63. The zero-order valence-electron chi connectivity index (χ0n) is 18.7. The first-order chi connectivity index (χ1) is 15.4. The van der Waals surface area contributed by atoms with Crippen molar-refractivity contribution in [2.24, 2.45) is 5.92 Å². The van der Waals surface area contributed by atoms with Crippen molar-refractivity contribution in [1.82, 2.24) is 4.31 Å². The summed E-state index contributed by atoms with van der Waals surface area (Å²) < 4.78 is 32.5. The summed E-state index contributed by atoms with van der Waals surface area (Å²) in [6, 6.07) is 13.3. The van der Waals surface area contributed by atoms with Gasteiger partial charge in [0.05, 0.1) is 12.8 Å². The SMILES string of the molecule is COc1ccc(C)c2c1N(C(=O)C1CCN(S(=O)(=O)/C=C/c3ccccc3)CC1)CCC2. The lowest BCUT2D eigenvalue weighted by Gasteiger charge is -2.36. The third-order valence-corrected chi connectivity index (χ3v) is 8.00. The maximum atomic E-state index is 13.5. The van der Waals surface area contributed by atoms with Crippen LogP contribution in [0.4, 0.5) is 5.69 Å². The van der Waals surface area contributed by atoms with Crippen LogP contribution >= 0.6 is 0 Å². The third kappa shape index (κ3) is 4.59. The van der Waals surface area contributed by atoms with Gasteiger partial charge in [-0.15, -0.1) is 0 Å². The normalized spacial score (nSPS) is 18.0. The summed E-state index contributed by atoms with van der Waals surface area (Å²) in [4.78, 5) is 15.3. The number of benzene rings is 2. The van der Waals surface area contributed by atoms with E-state index in [1.165, 1.54) is 20.8 Å². The fourth-order valence-corrected chi connectivity index (χ4v) is 5.85. The minimum atomic E-state index is -3.51. The van der Waals surface area contributed by atoms with Crippen molar-refractivity contribution < 1.29 is 17.9 Å². The van der Waals surface area contributed by atoms with Crippen LogP contribution in [0, 0.1) is 12.8 Å². The second-order valence-corrected chi connectivity index (χ2v) is 10.3. The Labute approximate surface area is 190 Å². The molecular weight excluding hydrogens is 424 g/mol. The molecule has 0 radical (unpaired) electrons. The average molecular weight is 455 g/mol. The number of hydrogen-bond acceptors (Lipinski definition) is 4. The Hall–Kier alpha value is -2.64. The van der Waals surface area contributed by atoms with Crippen LogP contribution in [0.25, 0.3) is 6.08 Å². The molecule has 0 N–H and O–H groups in total. The van der Waals surface area contributed by atoms with Crippen molar-refractivity contribution in [2.45, 2.75) is 32.6 Å². The Kier molecular flexibility index (Phi) is 6.67. The zero-order chi connectivity index (χ0) is 22.7. The van der Waals surface area contributed by atoms with Gasteiger partial charge in [-0.25, -0.2) is 8.42 Å². The number of carbonyl (C=O) groups excluding carboxylic acids is 1. The predicted molar refractivity (Wildman–Crippen MR) is 127 cm³/mol. The van der Waals surface area contributed by atoms with E-state index in [1.807, 2.05) is 47.4 Å². The largest absolute Gasteiger partial charge is 0.495 e. The van der Waals surface area contributed by atoms with Gasteiger partial charge in [0.25, 0.3) is 0 Å². The van der Waals surface area contributed by atoms with Crippen molar-refractivity contribution in [3.63, 3.8) is 0 Å². The van der Waals surface area contributed by atoms with Gasteiger partial charge in [0.2, 0.25) is 15.9 Å². The highest BCUT2D eigenvalue weighted by atomic mass is 32.2. The second-order valence-electron chi connectivity index (χ2n) is 8.44. The van der Waals surface area contributed by atoms with Gasteiger partial charge in [-0.2, -0.15) is 4.31 Å². The lowest BCUT2D eigenvalue weighted by atomic mass is 9.92. The molecule has 0 aromatic heterocycles. The second kappa shape index (κ2) is 9.46. The van der Waals surface area contributed by atoms with E-state index in [2.05, 4.69) is 6.92 Å². The number of anilines is 1. The monoisotopic (exact) mass is 454 g/mol. The standard InChI is InChI=1S/C25H30N2O4S/c1-19-10-11-23(31-2)24-22(19)9-6-15-27(24)25(28)21-12-16-26(17-13-21)32(29,30)18-14-20-7-4-3-5-8-20/h3-5,7-8,10-11,14,18,21H,6,9,12-13,15-17H2,1-2H3/b18-14+. The highest BCUT2D eigenvalue weighted by Crippen LogP contribution is 2.39. The van der Waals surface area contributed by atoms with E-state index in [1.54, 1.807) is 13.2 Å². The van der Waals surface area contributed by atoms with Crippen LogP contribution in [0.1, 0.15) is 36.0 Å². The quantitative estimate of drug-likeness (QED) is 0.685. The van der Waals surface area contributed by atoms with Gasteiger partial charge in [-0.05, 0) is 61.4 Å². The minimum absolute atomic E-state index is 0.0757. The molecule has 2 aliphatic rings. The lowest BCUT2D eigenvalue weighted by Crippen LogP contribution is -2.45. The molecule has 7 heteroatoms. The maximum absolute atomic E-state index is 13.5. The summed E-state index contributed by atoms with van der Waals surface area (Å²) in [7, 11) is -1.88. The summed E-state index contributed by atoms with van der Waals surface area (Å²) in [5.74, 6) is 0.618. The average Bonchev–Trinajstić information content (AvgIpc) is 2.83. The molecule has 32 heavy (non-hydrogen) atoms. The number of nitrogens with zero attached hydrogens (tertiary/aromatic N) is 2. The van der Waals surface area contributed by atoms with Gasteiger partial charge in [-0.3, -0.25) is 4.79 Å². The van der Waals surface area contributed by atoms with E-state index in [4.69, 9.17) is 4.74 Å². The predicted octanol–water partition coefficient (Wildman–Crippen LogP) is 4.00. The summed E-state index contributed by atoms with van der Waals surface area (Å²) in [6.07, 6.45) is 4.52. The Morgan fingerprint density at radius 2 is 1.78 bits per heavy atom. The Morgan fingerprint density at radius 3 is 2.47 bits per heavy atom. The van der Waals surface area contributed by atoms with Crippen LogP contribution in [0.5, 0.6) is 5.75 Å². The van der Waals surface area contributed by atoms with Crippen molar-refractivity contribution in [3.05, 3.63) is 64.6 Å². The van der Waals surface area contributed by atoms with Gasteiger partial charge in [0.15, 0.2) is 0 Å². The van der Waals surface area contributed by atoms with Crippen molar-refractivity contribution in [2.75, 3.05) is 31.6 Å². The zero-order valence-corrected chi connectivity index (χ0v) is 19.5. The fraction of sp³-hybridized carbons (Fsp3) is 0.400. The summed E-state index contributed by atoms with van der Waals surface area (Å²) in [6.45, 7) is 3.44. The van der Waals surface area contributed by atoms with Crippen molar-refractivity contribution in [1.29, 1.82) is 0 Å². The molecule has 2 heterocycles. The van der Waals surface area contributed by atoms with E-state index in [-0.39, 0.29) is 11.8 Å². The van der Waals surface area contributed by atoms with E-state index in [0.717, 1.165) is 29.8 Å². The highest BCUT2D eigenvalue weighted by molar-refractivity contribution is 7.92. The molecule has 0 unspecified atom stereocenters. The molecule has 2 aromatic rings. The van der Waals surface area contributed by atoms with E-state index in [0.29, 0.717) is 32.5 Å². The Balaban J connectivity index is 1.45. The van der Waals surface area contributed by atoms with E-state index >= 15 is 0 Å². The highest BCUT2D eigenvalue weighted by Gasteiger charge is 2.35. The molecule has 6 nitrogen and oxygen atoms in total. The topological polar surface area (TPSA) is 66.9 Å². The molecule has 170 valence electrons. The number of methoxy groups -OCH3 is 1. The van der Waals surface area contributed by atoms with Crippen molar-refractivity contribution in [3.8, 4) is 5.75 Å². The minimum Gasteiger partial charge on any atom is -0.495 e. The van der Waals surface area contributed by atoms with E-state index in [9.17, 15) is 13.2 Å². The molecule has 2 aliphatic heterocycles. The third-order valence-electron chi connectivity index (χ3n) is 6.44. The molecular formula is C25H30N2O4S. The van der Waals surface area contributed by atoms with Gasteiger partial charge in [-0.1, -0.05) is 36.4 Å². The number of aryl methyl sites for hydroxylation is 1. The first kappa shape index (κ1) is 22.6.